The first-order chi connectivity index (χ1) is 14.7. The first-order valence-corrected chi connectivity index (χ1v) is 10.2. The fourth-order valence-corrected chi connectivity index (χ4v) is 3.00. The zero-order chi connectivity index (χ0) is 22.4. The highest BCUT2D eigenvalue weighted by atomic mass is 16.6. The van der Waals surface area contributed by atoms with Crippen molar-refractivity contribution in [2.24, 2.45) is 0 Å². The standard InChI is InChI=1S/C24H27N3O4/c1-5-21(17-9-7-6-8-10-17)22(28)26-18-11-13-19(14-12-18)30-20-15-25-27(16-20)23(29)31-24(2,3)4/h6-16,21H,5H2,1-4H3,(H,26,28). The third-order valence-electron chi connectivity index (χ3n) is 4.42. The Kier molecular flexibility index (Phi) is 6.74. The summed E-state index contributed by atoms with van der Waals surface area (Å²) < 4.78 is 12.1. The molecule has 0 bridgehead atoms. The number of nitrogens with one attached hydrogen (secondary N) is 1. The fourth-order valence-electron chi connectivity index (χ4n) is 3.00. The van der Waals surface area contributed by atoms with Gasteiger partial charge in [-0.2, -0.15) is 9.78 Å². The minimum absolute atomic E-state index is 0.0546. The van der Waals surface area contributed by atoms with E-state index in [9.17, 15) is 9.59 Å². The van der Waals surface area contributed by atoms with Crippen LogP contribution in [0.4, 0.5) is 10.5 Å². The van der Waals surface area contributed by atoms with Crippen LogP contribution in [0, 0.1) is 0 Å². The van der Waals surface area contributed by atoms with Gasteiger partial charge in [0.15, 0.2) is 5.75 Å². The molecule has 0 spiro atoms. The van der Waals surface area contributed by atoms with E-state index in [2.05, 4.69) is 10.4 Å². The van der Waals surface area contributed by atoms with Crippen molar-refractivity contribution in [3.8, 4) is 11.5 Å². The van der Waals surface area contributed by atoms with Gasteiger partial charge in [-0.25, -0.2) is 4.79 Å². The van der Waals surface area contributed by atoms with Gasteiger partial charge < -0.3 is 14.8 Å². The monoisotopic (exact) mass is 421 g/mol. The van der Waals surface area contributed by atoms with E-state index >= 15 is 0 Å². The molecule has 1 heterocycles. The number of carbonyl (C=O) groups excluding carboxylic acids is 2. The molecule has 0 saturated carbocycles. The van der Waals surface area contributed by atoms with Crippen molar-refractivity contribution in [2.45, 2.75) is 45.6 Å². The summed E-state index contributed by atoms with van der Waals surface area (Å²) in [5, 5.41) is 6.92. The van der Waals surface area contributed by atoms with Gasteiger partial charge in [-0.05, 0) is 57.0 Å². The average Bonchev–Trinajstić information content (AvgIpc) is 3.18. The Morgan fingerprint density at radius 2 is 1.71 bits per heavy atom. The molecule has 7 heteroatoms. The van der Waals surface area contributed by atoms with Crippen molar-refractivity contribution in [1.82, 2.24) is 9.78 Å². The lowest BCUT2D eigenvalue weighted by Crippen LogP contribution is -2.27. The molecule has 0 radical (unpaired) electrons. The second kappa shape index (κ2) is 9.47. The topological polar surface area (TPSA) is 82.5 Å². The Labute approximate surface area is 182 Å². The smallest absolute Gasteiger partial charge is 0.435 e. The number of rotatable bonds is 6. The molecule has 3 aromatic rings. The maximum Gasteiger partial charge on any atom is 0.435 e. The van der Waals surface area contributed by atoms with Crippen LogP contribution in [0.25, 0.3) is 0 Å². The van der Waals surface area contributed by atoms with Crippen LogP contribution >= 0.6 is 0 Å². The second-order valence-electron chi connectivity index (χ2n) is 8.09. The number of nitrogens with zero attached hydrogens (tertiary/aromatic N) is 2. The van der Waals surface area contributed by atoms with Crippen molar-refractivity contribution < 1.29 is 19.1 Å². The fraction of sp³-hybridized carbons (Fsp3) is 0.292. The van der Waals surface area contributed by atoms with E-state index in [1.165, 1.54) is 12.4 Å². The normalized spacial score (nSPS) is 12.1. The SMILES string of the molecule is CCC(C(=O)Nc1ccc(Oc2cnn(C(=O)OC(C)(C)C)c2)cc1)c1ccccc1. The molecule has 1 unspecified atom stereocenters. The Hall–Kier alpha value is -3.61. The van der Waals surface area contributed by atoms with Gasteiger partial charge in [-0.15, -0.1) is 0 Å². The molecule has 3 rings (SSSR count). The van der Waals surface area contributed by atoms with Gasteiger partial charge in [0.05, 0.1) is 18.3 Å². The third-order valence-corrected chi connectivity index (χ3v) is 4.42. The van der Waals surface area contributed by atoms with E-state index in [0.29, 0.717) is 23.6 Å². The van der Waals surface area contributed by atoms with Gasteiger partial charge in [0, 0.05) is 5.69 Å². The number of anilines is 1. The van der Waals surface area contributed by atoms with Crippen molar-refractivity contribution >= 4 is 17.7 Å². The van der Waals surface area contributed by atoms with Gasteiger partial charge in [-0.3, -0.25) is 4.79 Å². The molecule has 1 N–H and O–H groups in total. The Bertz CT molecular complexity index is 1020. The summed E-state index contributed by atoms with van der Waals surface area (Å²) in [4.78, 5) is 24.7. The molecule has 7 nitrogen and oxygen atoms in total. The van der Waals surface area contributed by atoms with Gasteiger partial charge in [0.1, 0.15) is 11.4 Å². The van der Waals surface area contributed by atoms with Gasteiger partial charge in [0.2, 0.25) is 5.91 Å². The van der Waals surface area contributed by atoms with Crippen LogP contribution in [-0.4, -0.2) is 27.4 Å². The van der Waals surface area contributed by atoms with Crippen LogP contribution < -0.4 is 10.1 Å². The van der Waals surface area contributed by atoms with Crippen molar-refractivity contribution in [3.05, 3.63) is 72.6 Å². The van der Waals surface area contributed by atoms with Crippen LogP contribution in [0.5, 0.6) is 11.5 Å². The largest absolute Gasteiger partial charge is 0.454 e. The van der Waals surface area contributed by atoms with Crippen LogP contribution in [0.1, 0.15) is 45.6 Å². The summed E-state index contributed by atoms with van der Waals surface area (Å²) in [6.45, 7) is 7.35. The van der Waals surface area contributed by atoms with E-state index < -0.39 is 11.7 Å². The highest BCUT2D eigenvalue weighted by molar-refractivity contribution is 5.95. The van der Waals surface area contributed by atoms with E-state index in [1.54, 1.807) is 45.0 Å². The second-order valence-corrected chi connectivity index (χ2v) is 8.09. The first kappa shape index (κ1) is 22.1. The lowest BCUT2D eigenvalue weighted by atomic mass is 9.95. The summed E-state index contributed by atoms with van der Waals surface area (Å²) in [5.41, 5.74) is 1.06. The summed E-state index contributed by atoms with van der Waals surface area (Å²) in [6, 6.07) is 16.7. The van der Waals surface area contributed by atoms with Gasteiger partial charge in [-0.1, -0.05) is 37.3 Å². The minimum Gasteiger partial charge on any atom is -0.454 e. The number of hydrogen-bond donors (Lipinski definition) is 1. The van der Waals surface area contributed by atoms with E-state index in [-0.39, 0.29) is 11.8 Å². The van der Waals surface area contributed by atoms with Gasteiger partial charge >= 0.3 is 6.09 Å². The predicted octanol–water partition coefficient (Wildman–Crippen LogP) is 5.59. The number of amides is 1. The van der Waals surface area contributed by atoms with Crippen LogP contribution in [0.3, 0.4) is 0 Å². The predicted molar refractivity (Wildman–Crippen MR) is 118 cm³/mol. The Morgan fingerprint density at radius 3 is 2.32 bits per heavy atom. The van der Waals surface area contributed by atoms with Crippen LogP contribution in [0.2, 0.25) is 0 Å². The molecular formula is C24H27N3O4. The zero-order valence-electron chi connectivity index (χ0n) is 18.2. The third kappa shape index (κ3) is 6.18. The summed E-state index contributed by atoms with van der Waals surface area (Å²) in [6.07, 6.45) is 3.02. The molecule has 0 aliphatic carbocycles. The summed E-state index contributed by atoms with van der Waals surface area (Å²) >= 11 is 0. The number of carbonyl (C=O) groups is 2. The molecule has 1 aromatic heterocycles. The minimum atomic E-state index is -0.610. The molecule has 31 heavy (non-hydrogen) atoms. The highest BCUT2D eigenvalue weighted by Crippen LogP contribution is 2.25. The molecular weight excluding hydrogens is 394 g/mol. The Morgan fingerprint density at radius 1 is 1.03 bits per heavy atom. The zero-order valence-corrected chi connectivity index (χ0v) is 18.2. The van der Waals surface area contributed by atoms with E-state index in [1.807, 2.05) is 37.3 Å². The highest BCUT2D eigenvalue weighted by Gasteiger charge is 2.20. The molecule has 0 saturated heterocycles. The summed E-state index contributed by atoms with van der Waals surface area (Å²) in [5.74, 6) is 0.687. The molecule has 162 valence electrons. The molecule has 1 atom stereocenters. The van der Waals surface area contributed by atoms with Crippen LogP contribution in [0.15, 0.2) is 67.0 Å². The molecule has 1 amide bonds. The number of hydrogen-bond acceptors (Lipinski definition) is 5. The van der Waals surface area contributed by atoms with Crippen molar-refractivity contribution in [3.63, 3.8) is 0 Å². The quantitative estimate of drug-likeness (QED) is 0.561. The van der Waals surface area contributed by atoms with Crippen LogP contribution in [-0.2, 0) is 9.53 Å². The molecule has 0 aliphatic rings. The van der Waals surface area contributed by atoms with Crippen molar-refractivity contribution in [1.29, 1.82) is 0 Å². The molecule has 0 fully saturated rings. The maximum atomic E-state index is 12.7. The number of ether oxygens (including phenoxy) is 2. The first-order valence-electron chi connectivity index (χ1n) is 10.2. The maximum absolute atomic E-state index is 12.7. The molecule has 2 aromatic carbocycles. The van der Waals surface area contributed by atoms with Gasteiger partial charge in [0.25, 0.3) is 0 Å². The Balaban J connectivity index is 1.60. The van der Waals surface area contributed by atoms with E-state index in [0.717, 1.165) is 10.2 Å². The number of benzene rings is 2. The number of aromatic nitrogens is 2. The lowest BCUT2D eigenvalue weighted by molar-refractivity contribution is -0.117. The van der Waals surface area contributed by atoms with E-state index in [4.69, 9.17) is 9.47 Å². The summed E-state index contributed by atoms with van der Waals surface area (Å²) in [7, 11) is 0. The lowest BCUT2D eigenvalue weighted by Gasteiger charge is -2.18. The average molecular weight is 421 g/mol. The molecule has 0 aliphatic heterocycles. The van der Waals surface area contributed by atoms with Crippen molar-refractivity contribution in [2.75, 3.05) is 5.32 Å².